The van der Waals surface area contributed by atoms with E-state index < -0.39 is 6.04 Å². The van der Waals surface area contributed by atoms with Crippen LogP contribution in [0.2, 0.25) is 0 Å². The van der Waals surface area contributed by atoms with Crippen LogP contribution >= 0.6 is 0 Å². The van der Waals surface area contributed by atoms with E-state index in [1.165, 1.54) is 0 Å². The van der Waals surface area contributed by atoms with Crippen molar-refractivity contribution in [2.24, 2.45) is 0 Å². The summed E-state index contributed by atoms with van der Waals surface area (Å²) < 4.78 is 7.35. The smallest absolute Gasteiger partial charge is 0.253 e. The number of aryl methyl sites for hydroxylation is 1. The average Bonchev–Trinajstić information content (AvgIpc) is 3.31. The first kappa shape index (κ1) is 21.6. The molecule has 1 atom stereocenters. The van der Waals surface area contributed by atoms with Gasteiger partial charge in [-0.05, 0) is 37.6 Å². The summed E-state index contributed by atoms with van der Waals surface area (Å²) in [7, 11) is 0. The number of hydrogen-bond acceptors (Lipinski definition) is 5. The molecule has 0 bridgehead atoms. The van der Waals surface area contributed by atoms with Crippen LogP contribution in [0.4, 0.5) is 11.6 Å². The predicted octanol–water partition coefficient (Wildman–Crippen LogP) is 2.98. The summed E-state index contributed by atoms with van der Waals surface area (Å²) in [5, 5.41) is 2.93. The van der Waals surface area contributed by atoms with Crippen molar-refractivity contribution in [2.75, 3.05) is 49.6 Å². The van der Waals surface area contributed by atoms with Gasteiger partial charge in [0.25, 0.3) is 5.91 Å². The molecule has 0 radical (unpaired) electrons. The Hall–Kier alpha value is -3.23. The number of nitrogens with one attached hydrogen (secondary N) is 1. The molecule has 0 spiro atoms. The lowest BCUT2D eigenvalue weighted by Gasteiger charge is -2.27. The molecule has 2 amide bonds. The van der Waals surface area contributed by atoms with Crippen molar-refractivity contribution < 1.29 is 14.3 Å². The number of carbonyl (C=O) groups is 2. The zero-order valence-electron chi connectivity index (χ0n) is 18.9. The Kier molecular flexibility index (Phi) is 6.11. The third-order valence-electron chi connectivity index (χ3n) is 6.36. The number of amides is 2. The van der Waals surface area contributed by atoms with Gasteiger partial charge in [0, 0.05) is 31.9 Å². The molecular weight excluding hydrogens is 418 g/mol. The van der Waals surface area contributed by atoms with E-state index >= 15 is 0 Å². The van der Waals surface area contributed by atoms with E-state index in [2.05, 4.69) is 10.2 Å². The number of ether oxygens (including phenoxy) is 1. The molecule has 3 heterocycles. The summed E-state index contributed by atoms with van der Waals surface area (Å²) in [5.74, 6) is 0.386. The minimum Gasteiger partial charge on any atom is -0.379 e. The molecule has 1 aromatic heterocycles. The molecule has 1 saturated heterocycles. The maximum Gasteiger partial charge on any atom is 0.253 e. The Morgan fingerprint density at radius 3 is 2.64 bits per heavy atom. The SMILES string of the molecule is Cc1ccc(NC(=O)CC2C(=O)N(CCCN3CCOCC3)c3nc4ccccc4n32)cc1. The summed E-state index contributed by atoms with van der Waals surface area (Å²) in [6.07, 6.45) is 0.914. The second-order valence-corrected chi connectivity index (χ2v) is 8.70. The van der Waals surface area contributed by atoms with Crippen molar-refractivity contribution in [2.45, 2.75) is 25.8 Å². The molecule has 33 heavy (non-hydrogen) atoms. The molecule has 1 N–H and O–H groups in total. The summed E-state index contributed by atoms with van der Waals surface area (Å²) >= 11 is 0. The van der Waals surface area contributed by atoms with Gasteiger partial charge in [-0.3, -0.25) is 24.0 Å². The highest BCUT2D eigenvalue weighted by Crippen LogP contribution is 2.36. The molecule has 1 unspecified atom stereocenters. The van der Waals surface area contributed by atoms with Crippen LogP contribution in [0.25, 0.3) is 11.0 Å². The molecule has 3 aromatic rings. The molecule has 2 aromatic carbocycles. The zero-order chi connectivity index (χ0) is 22.8. The molecule has 2 aliphatic rings. The van der Waals surface area contributed by atoms with Crippen LogP contribution in [0.3, 0.4) is 0 Å². The summed E-state index contributed by atoms with van der Waals surface area (Å²) in [6, 6.07) is 14.8. The average molecular weight is 448 g/mol. The van der Waals surface area contributed by atoms with E-state index in [0.717, 1.165) is 61.6 Å². The predicted molar refractivity (Wildman–Crippen MR) is 127 cm³/mol. The molecule has 172 valence electrons. The number of rotatable bonds is 7. The van der Waals surface area contributed by atoms with Crippen molar-refractivity contribution in [3.63, 3.8) is 0 Å². The number of nitrogens with zero attached hydrogens (tertiary/aromatic N) is 4. The first-order valence-corrected chi connectivity index (χ1v) is 11.5. The van der Waals surface area contributed by atoms with Crippen LogP contribution < -0.4 is 10.2 Å². The standard InChI is InChI=1S/C25H29N5O3/c1-18-7-9-19(10-8-18)26-23(31)17-22-24(32)29(12-4-11-28-13-15-33-16-14-28)25-27-20-5-2-3-6-21(20)30(22)25/h2-3,5-10,22H,4,11-17H2,1H3,(H,26,31). The number of aromatic nitrogens is 2. The number of fused-ring (bicyclic) bond motifs is 3. The molecule has 0 saturated carbocycles. The first-order valence-electron chi connectivity index (χ1n) is 11.5. The van der Waals surface area contributed by atoms with E-state index in [1.807, 2.05) is 60.0 Å². The van der Waals surface area contributed by atoms with Gasteiger partial charge in [-0.25, -0.2) is 4.98 Å². The van der Waals surface area contributed by atoms with Gasteiger partial charge in [0.1, 0.15) is 6.04 Å². The van der Waals surface area contributed by atoms with E-state index in [1.54, 1.807) is 4.90 Å². The van der Waals surface area contributed by atoms with Crippen molar-refractivity contribution >= 4 is 34.5 Å². The quantitative estimate of drug-likeness (QED) is 0.602. The van der Waals surface area contributed by atoms with Gasteiger partial charge in [-0.1, -0.05) is 29.8 Å². The maximum atomic E-state index is 13.4. The topological polar surface area (TPSA) is 79.7 Å². The van der Waals surface area contributed by atoms with Gasteiger partial charge in [0.15, 0.2) is 0 Å². The lowest BCUT2D eigenvalue weighted by atomic mass is 10.1. The Morgan fingerprint density at radius 1 is 1.09 bits per heavy atom. The molecule has 8 heteroatoms. The van der Waals surface area contributed by atoms with E-state index in [0.29, 0.717) is 12.5 Å². The number of imidazole rings is 1. The molecule has 0 aliphatic carbocycles. The van der Waals surface area contributed by atoms with Crippen molar-refractivity contribution in [3.05, 3.63) is 54.1 Å². The van der Waals surface area contributed by atoms with Crippen LogP contribution in [-0.4, -0.2) is 65.7 Å². The van der Waals surface area contributed by atoms with E-state index in [4.69, 9.17) is 9.72 Å². The molecule has 8 nitrogen and oxygen atoms in total. The first-order chi connectivity index (χ1) is 16.1. The molecule has 1 fully saturated rings. The normalized spacial score (nSPS) is 18.6. The summed E-state index contributed by atoms with van der Waals surface area (Å²) in [5.41, 5.74) is 3.57. The number of carbonyl (C=O) groups excluding carboxylic acids is 2. The van der Waals surface area contributed by atoms with Crippen LogP contribution in [0.15, 0.2) is 48.5 Å². The highest BCUT2D eigenvalue weighted by atomic mass is 16.5. The fraction of sp³-hybridized carbons (Fsp3) is 0.400. The molecular formula is C25H29N5O3. The van der Waals surface area contributed by atoms with Gasteiger partial charge >= 0.3 is 0 Å². The van der Waals surface area contributed by atoms with Crippen LogP contribution in [0, 0.1) is 6.92 Å². The van der Waals surface area contributed by atoms with Gasteiger partial charge in [0.05, 0.1) is 30.7 Å². The second-order valence-electron chi connectivity index (χ2n) is 8.70. The van der Waals surface area contributed by atoms with Crippen LogP contribution in [-0.2, 0) is 14.3 Å². The Bertz CT molecular complexity index is 1150. The van der Waals surface area contributed by atoms with Crippen molar-refractivity contribution in [1.29, 1.82) is 0 Å². The third-order valence-corrected chi connectivity index (χ3v) is 6.36. The Balaban J connectivity index is 1.33. The fourth-order valence-corrected chi connectivity index (χ4v) is 4.61. The van der Waals surface area contributed by atoms with Gasteiger partial charge < -0.3 is 10.1 Å². The largest absolute Gasteiger partial charge is 0.379 e. The zero-order valence-corrected chi connectivity index (χ0v) is 18.9. The third kappa shape index (κ3) is 4.49. The van der Waals surface area contributed by atoms with Crippen LogP contribution in [0.5, 0.6) is 0 Å². The minimum atomic E-state index is -0.596. The lowest BCUT2D eigenvalue weighted by molar-refractivity contribution is -0.124. The number of anilines is 2. The lowest BCUT2D eigenvalue weighted by Crippen LogP contribution is -2.39. The monoisotopic (exact) mass is 447 g/mol. The van der Waals surface area contributed by atoms with Gasteiger partial charge in [-0.15, -0.1) is 0 Å². The second kappa shape index (κ2) is 9.33. The Morgan fingerprint density at radius 2 is 1.85 bits per heavy atom. The maximum absolute atomic E-state index is 13.4. The van der Waals surface area contributed by atoms with E-state index in [-0.39, 0.29) is 18.2 Å². The van der Waals surface area contributed by atoms with Gasteiger partial charge in [0.2, 0.25) is 11.9 Å². The highest BCUT2D eigenvalue weighted by Gasteiger charge is 2.40. The highest BCUT2D eigenvalue weighted by molar-refractivity contribution is 6.05. The fourth-order valence-electron chi connectivity index (χ4n) is 4.61. The number of benzene rings is 2. The molecule has 2 aliphatic heterocycles. The van der Waals surface area contributed by atoms with Crippen LogP contribution in [0.1, 0.15) is 24.4 Å². The number of hydrogen-bond donors (Lipinski definition) is 1. The van der Waals surface area contributed by atoms with Crippen molar-refractivity contribution in [3.8, 4) is 0 Å². The summed E-state index contributed by atoms with van der Waals surface area (Å²) in [6.45, 7) is 6.86. The number of morpholine rings is 1. The molecule has 5 rings (SSSR count). The van der Waals surface area contributed by atoms with Crippen molar-refractivity contribution in [1.82, 2.24) is 14.5 Å². The summed E-state index contributed by atoms with van der Waals surface area (Å²) in [4.78, 5) is 35.2. The minimum absolute atomic E-state index is 0.0655. The van der Waals surface area contributed by atoms with E-state index in [9.17, 15) is 9.59 Å². The number of para-hydroxylation sites is 2. The van der Waals surface area contributed by atoms with Gasteiger partial charge in [-0.2, -0.15) is 0 Å². The Labute approximate surface area is 193 Å².